The van der Waals surface area contributed by atoms with Crippen molar-refractivity contribution in [2.24, 2.45) is 11.8 Å². The lowest BCUT2D eigenvalue weighted by Crippen LogP contribution is -2.30. The van der Waals surface area contributed by atoms with Gasteiger partial charge in [-0.1, -0.05) is 202 Å². The van der Waals surface area contributed by atoms with E-state index in [0.717, 1.165) is 69.6 Å². The van der Waals surface area contributed by atoms with Crippen molar-refractivity contribution in [1.82, 2.24) is 0 Å². The standard InChI is InChI=1S/C45H86O6/c1-6-8-9-10-11-12-13-14-15-19-25-30-35-43(46)49-38-42(39-50-44(47)36-31-26-22-21-24-29-34-41(5)7-2)51-45(48)37-32-27-20-17-16-18-23-28-33-40(3)4/h40-42H,6-39H2,1-5H3/t41?,42-/m0/s1. The van der Waals surface area contributed by atoms with E-state index >= 15 is 0 Å². The summed E-state index contributed by atoms with van der Waals surface area (Å²) in [5, 5.41) is 0. The van der Waals surface area contributed by atoms with E-state index in [1.165, 1.54) is 128 Å². The summed E-state index contributed by atoms with van der Waals surface area (Å²) in [6.45, 7) is 11.3. The Hall–Kier alpha value is -1.59. The highest BCUT2D eigenvalue weighted by atomic mass is 16.6. The SMILES string of the molecule is CCCCCCCCCCCCCCC(=O)OC[C@@H](COC(=O)CCCCCCCCC(C)CC)OC(=O)CCCCCCCCCCC(C)C. The fourth-order valence-corrected chi connectivity index (χ4v) is 6.54. The van der Waals surface area contributed by atoms with Gasteiger partial charge in [-0.3, -0.25) is 14.4 Å². The highest BCUT2D eigenvalue weighted by molar-refractivity contribution is 5.71. The Kier molecular flexibility index (Phi) is 37.0. The maximum Gasteiger partial charge on any atom is 0.306 e. The van der Waals surface area contributed by atoms with Crippen molar-refractivity contribution < 1.29 is 28.6 Å². The van der Waals surface area contributed by atoms with Gasteiger partial charge in [0.2, 0.25) is 0 Å². The minimum absolute atomic E-state index is 0.0659. The van der Waals surface area contributed by atoms with Gasteiger partial charge in [0.15, 0.2) is 6.10 Å². The van der Waals surface area contributed by atoms with Gasteiger partial charge in [0.25, 0.3) is 0 Å². The minimum atomic E-state index is -0.760. The second kappa shape index (κ2) is 38.1. The number of carbonyl (C=O) groups excluding carboxylic acids is 3. The molecule has 0 aromatic heterocycles. The molecule has 0 aliphatic carbocycles. The molecule has 0 bridgehead atoms. The molecule has 0 aromatic rings. The van der Waals surface area contributed by atoms with E-state index in [2.05, 4.69) is 34.6 Å². The van der Waals surface area contributed by atoms with E-state index in [1.54, 1.807) is 0 Å². The number of esters is 3. The van der Waals surface area contributed by atoms with Crippen LogP contribution in [0.25, 0.3) is 0 Å². The van der Waals surface area contributed by atoms with E-state index in [9.17, 15) is 14.4 Å². The lowest BCUT2D eigenvalue weighted by Gasteiger charge is -2.18. The molecule has 0 spiro atoms. The predicted octanol–water partition coefficient (Wildman–Crippen LogP) is 13.8. The van der Waals surface area contributed by atoms with Crippen molar-refractivity contribution in [1.29, 1.82) is 0 Å². The number of hydrogen-bond donors (Lipinski definition) is 0. The average molecular weight is 723 g/mol. The Morgan fingerprint density at radius 3 is 1.12 bits per heavy atom. The van der Waals surface area contributed by atoms with Crippen molar-refractivity contribution in [2.75, 3.05) is 13.2 Å². The summed E-state index contributed by atoms with van der Waals surface area (Å²) in [5.74, 6) is 0.744. The lowest BCUT2D eigenvalue weighted by molar-refractivity contribution is -0.167. The Bertz CT molecular complexity index is 781. The Morgan fingerprint density at radius 1 is 0.412 bits per heavy atom. The van der Waals surface area contributed by atoms with E-state index in [1.807, 2.05) is 0 Å². The quantitative estimate of drug-likeness (QED) is 0.0357. The highest BCUT2D eigenvalue weighted by Gasteiger charge is 2.19. The molecule has 0 amide bonds. The molecule has 0 aliphatic rings. The number of rotatable bonds is 39. The first-order valence-corrected chi connectivity index (χ1v) is 22.3. The summed E-state index contributed by atoms with van der Waals surface area (Å²) < 4.78 is 16.7. The molecule has 0 radical (unpaired) electrons. The van der Waals surface area contributed by atoms with Gasteiger partial charge in [0.05, 0.1) is 0 Å². The van der Waals surface area contributed by atoms with Gasteiger partial charge in [-0.05, 0) is 31.1 Å². The van der Waals surface area contributed by atoms with Gasteiger partial charge in [-0.15, -0.1) is 0 Å². The summed E-state index contributed by atoms with van der Waals surface area (Å²) in [6, 6.07) is 0. The molecule has 0 saturated carbocycles. The zero-order valence-corrected chi connectivity index (χ0v) is 34.7. The van der Waals surface area contributed by atoms with Gasteiger partial charge in [-0.25, -0.2) is 0 Å². The van der Waals surface area contributed by atoms with Gasteiger partial charge >= 0.3 is 17.9 Å². The van der Waals surface area contributed by atoms with Crippen LogP contribution in [0.5, 0.6) is 0 Å². The minimum Gasteiger partial charge on any atom is -0.462 e. The van der Waals surface area contributed by atoms with E-state index in [0.29, 0.717) is 19.3 Å². The molecule has 0 N–H and O–H groups in total. The molecule has 302 valence electrons. The molecular formula is C45H86O6. The number of hydrogen-bond acceptors (Lipinski definition) is 6. The topological polar surface area (TPSA) is 78.9 Å². The Morgan fingerprint density at radius 2 is 0.745 bits per heavy atom. The van der Waals surface area contributed by atoms with E-state index in [4.69, 9.17) is 14.2 Å². The molecule has 0 rings (SSSR count). The van der Waals surface area contributed by atoms with Crippen LogP contribution in [0.2, 0.25) is 0 Å². The fourth-order valence-electron chi connectivity index (χ4n) is 6.54. The fraction of sp³-hybridized carbons (Fsp3) is 0.933. The maximum absolute atomic E-state index is 12.7. The van der Waals surface area contributed by atoms with Crippen LogP contribution in [0.3, 0.4) is 0 Å². The summed E-state index contributed by atoms with van der Waals surface area (Å²) in [5.41, 5.74) is 0. The monoisotopic (exact) mass is 723 g/mol. The molecule has 1 unspecified atom stereocenters. The van der Waals surface area contributed by atoms with E-state index in [-0.39, 0.29) is 31.1 Å². The Balaban J connectivity index is 4.35. The van der Waals surface area contributed by atoms with Crippen molar-refractivity contribution in [2.45, 2.75) is 246 Å². The van der Waals surface area contributed by atoms with Crippen molar-refractivity contribution in [3.8, 4) is 0 Å². The van der Waals surface area contributed by atoms with Crippen molar-refractivity contribution in [3.05, 3.63) is 0 Å². The van der Waals surface area contributed by atoms with Crippen LogP contribution in [0.1, 0.15) is 240 Å². The zero-order valence-electron chi connectivity index (χ0n) is 34.7. The van der Waals surface area contributed by atoms with Gasteiger partial charge < -0.3 is 14.2 Å². The first-order valence-electron chi connectivity index (χ1n) is 22.3. The molecule has 6 heteroatoms. The van der Waals surface area contributed by atoms with Crippen molar-refractivity contribution in [3.63, 3.8) is 0 Å². The second-order valence-electron chi connectivity index (χ2n) is 16.1. The van der Waals surface area contributed by atoms with Crippen LogP contribution in [0, 0.1) is 11.8 Å². The first-order chi connectivity index (χ1) is 24.8. The molecular weight excluding hydrogens is 636 g/mol. The molecule has 6 nitrogen and oxygen atoms in total. The third-order valence-electron chi connectivity index (χ3n) is 10.3. The van der Waals surface area contributed by atoms with E-state index < -0.39 is 6.10 Å². The molecule has 2 atom stereocenters. The van der Waals surface area contributed by atoms with Gasteiger partial charge in [0, 0.05) is 19.3 Å². The Labute approximate surface area is 317 Å². The van der Waals surface area contributed by atoms with Crippen LogP contribution in [0.4, 0.5) is 0 Å². The zero-order chi connectivity index (χ0) is 37.6. The summed E-state index contributed by atoms with van der Waals surface area (Å²) in [6.07, 6.45) is 35.2. The normalized spacial score (nSPS) is 12.6. The summed E-state index contributed by atoms with van der Waals surface area (Å²) in [4.78, 5) is 37.6. The molecule has 0 aromatic carbocycles. The van der Waals surface area contributed by atoms with Crippen LogP contribution < -0.4 is 0 Å². The first kappa shape index (κ1) is 49.4. The molecule has 0 heterocycles. The number of carbonyl (C=O) groups is 3. The van der Waals surface area contributed by atoms with Crippen LogP contribution in [-0.2, 0) is 28.6 Å². The largest absolute Gasteiger partial charge is 0.462 e. The molecule has 0 fully saturated rings. The second-order valence-corrected chi connectivity index (χ2v) is 16.1. The molecule has 0 aliphatic heterocycles. The highest BCUT2D eigenvalue weighted by Crippen LogP contribution is 2.17. The van der Waals surface area contributed by atoms with Crippen LogP contribution >= 0.6 is 0 Å². The van der Waals surface area contributed by atoms with Crippen molar-refractivity contribution >= 4 is 17.9 Å². The van der Waals surface area contributed by atoms with Gasteiger partial charge in [-0.2, -0.15) is 0 Å². The van der Waals surface area contributed by atoms with Crippen LogP contribution in [-0.4, -0.2) is 37.2 Å². The smallest absolute Gasteiger partial charge is 0.306 e. The third kappa shape index (κ3) is 38.0. The number of ether oxygens (including phenoxy) is 3. The van der Waals surface area contributed by atoms with Gasteiger partial charge in [0.1, 0.15) is 13.2 Å². The third-order valence-corrected chi connectivity index (χ3v) is 10.3. The summed E-state index contributed by atoms with van der Waals surface area (Å²) in [7, 11) is 0. The molecule has 51 heavy (non-hydrogen) atoms. The predicted molar refractivity (Wildman–Crippen MR) is 215 cm³/mol. The maximum atomic E-state index is 12.7. The number of unbranched alkanes of at least 4 members (excludes halogenated alkanes) is 23. The molecule has 0 saturated heterocycles. The summed E-state index contributed by atoms with van der Waals surface area (Å²) >= 11 is 0. The lowest BCUT2D eigenvalue weighted by atomic mass is 10.00. The average Bonchev–Trinajstić information content (AvgIpc) is 3.11. The van der Waals surface area contributed by atoms with Crippen LogP contribution in [0.15, 0.2) is 0 Å².